The summed E-state index contributed by atoms with van der Waals surface area (Å²) in [5.41, 5.74) is 1.94. The number of esters is 1. The van der Waals surface area contributed by atoms with E-state index >= 15 is 0 Å². The minimum Gasteiger partial charge on any atom is -0.492 e. The van der Waals surface area contributed by atoms with E-state index in [1.165, 1.54) is 6.39 Å². The number of para-hydroxylation sites is 2. The van der Waals surface area contributed by atoms with Crippen molar-refractivity contribution < 1.29 is 23.5 Å². The molecule has 1 aromatic heterocycles. The highest BCUT2D eigenvalue weighted by atomic mass is 16.5. The van der Waals surface area contributed by atoms with E-state index in [1.807, 2.05) is 13.0 Å². The Hall–Kier alpha value is -3.35. The van der Waals surface area contributed by atoms with E-state index < -0.39 is 18.0 Å². The zero-order chi connectivity index (χ0) is 19.2. The number of carbonyl (C=O) groups is 2. The standard InChI is InChI=1S/C20H20N2O5/c1-3-16(19(23)22-15-7-5-6-8-17(15)25-4-2)27-20(24)13-9-10-14-18(11-13)26-12-21-14/h5-12,16H,3-4H2,1-2H3,(H,22,23). The normalized spacial score (nSPS) is 11.8. The smallest absolute Gasteiger partial charge is 0.339 e. The zero-order valence-corrected chi connectivity index (χ0v) is 15.1. The second-order valence-corrected chi connectivity index (χ2v) is 5.76. The summed E-state index contributed by atoms with van der Waals surface area (Å²) in [5, 5.41) is 2.76. The van der Waals surface area contributed by atoms with E-state index in [4.69, 9.17) is 13.9 Å². The predicted octanol–water partition coefficient (Wildman–Crippen LogP) is 3.80. The third kappa shape index (κ3) is 4.25. The number of benzene rings is 2. The van der Waals surface area contributed by atoms with Gasteiger partial charge in [0.25, 0.3) is 5.91 Å². The van der Waals surface area contributed by atoms with Gasteiger partial charge in [-0.25, -0.2) is 9.78 Å². The van der Waals surface area contributed by atoms with Gasteiger partial charge in [-0.1, -0.05) is 19.1 Å². The molecule has 0 spiro atoms. The zero-order valence-electron chi connectivity index (χ0n) is 15.1. The molecule has 0 radical (unpaired) electrons. The Kier molecular flexibility index (Phi) is 5.71. The number of amides is 1. The molecule has 27 heavy (non-hydrogen) atoms. The summed E-state index contributed by atoms with van der Waals surface area (Å²) in [6.45, 7) is 4.11. The molecule has 1 unspecified atom stereocenters. The van der Waals surface area contributed by atoms with Crippen LogP contribution in [-0.4, -0.2) is 29.6 Å². The van der Waals surface area contributed by atoms with Gasteiger partial charge >= 0.3 is 5.97 Å². The van der Waals surface area contributed by atoms with Crippen LogP contribution in [0.1, 0.15) is 30.6 Å². The average molecular weight is 368 g/mol. The fraction of sp³-hybridized carbons (Fsp3) is 0.250. The number of hydrogen-bond acceptors (Lipinski definition) is 6. The molecule has 0 aliphatic carbocycles. The first-order valence-electron chi connectivity index (χ1n) is 8.69. The fourth-order valence-corrected chi connectivity index (χ4v) is 2.57. The van der Waals surface area contributed by atoms with Crippen molar-refractivity contribution in [2.24, 2.45) is 0 Å². The maximum Gasteiger partial charge on any atom is 0.339 e. The van der Waals surface area contributed by atoms with Crippen molar-refractivity contribution in [2.45, 2.75) is 26.4 Å². The Bertz CT molecular complexity index is 950. The van der Waals surface area contributed by atoms with Crippen molar-refractivity contribution in [3.63, 3.8) is 0 Å². The number of oxazole rings is 1. The first-order chi connectivity index (χ1) is 13.1. The second-order valence-electron chi connectivity index (χ2n) is 5.76. The highest BCUT2D eigenvalue weighted by molar-refractivity contribution is 5.99. The minimum absolute atomic E-state index is 0.292. The number of aromatic nitrogens is 1. The topological polar surface area (TPSA) is 90.7 Å². The van der Waals surface area contributed by atoms with Crippen molar-refractivity contribution in [3.8, 4) is 5.75 Å². The Morgan fingerprint density at radius 2 is 2.00 bits per heavy atom. The number of anilines is 1. The van der Waals surface area contributed by atoms with E-state index in [1.54, 1.807) is 43.3 Å². The Balaban J connectivity index is 1.70. The number of nitrogens with one attached hydrogen (secondary N) is 1. The molecule has 1 heterocycles. The molecule has 1 amide bonds. The number of fused-ring (bicyclic) bond motifs is 1. The highest BCUT2D eigenvalue weighted by Crippen LogP contribution is 2.24. The van der Waals surface area contributed by atoms with Gasteiger partial charge in [0.2, 0.25) is 0 Å². The summed E-state index contributed by atoms with van der Waals surface area (Å²) in [6.07, 6.45) is 0.703. The van der Waals surface area contributed by atoms with Crippen molar-refractivity contribution in [1.29, 1.82) is 0 Å². The summed E-state index contributed by atoms with van der Waals surface area (Å²) >= 11 is 0. The molecule has 3 aromatic rings. The Morgan fingerprint density at radius 3 is 2.78 bits per heavy atom. The van der Waals surface area contributed by atoms with Crippen LogP contribution in [0.3, 0.4) is 0 Å². The largest absolute Gasteiger partial charge is 0.492 e. The van der Waals surface area contributed by atoms with Gasteiger partial charge in [-0.3, -0.25) is 4.79 Å². The molecule has 0 saturated carbocycles. The number of rotatable bonds is 7. The van der Waals surface area contributed by atoms with Crippen molar-refractivity contribution >= 4 is 28.7 Å². The van der Waals surface area contributed by atoms with Crippen LogP contribution in [0.15, 0.2) is 53.3 Å². The quantitative estimate of drug-likeness (QED) is 0.638. The maximum atomic E-state index is 12.6. The van der Waals surface area contributed by atoms with E-state index in [9.17, 15) is 9.59 Å². The van der Waals surface area contributed by atoms with Crippen LogP contribution in [0.25, 0.3) is 11.1 Å². The minimum atomic E-state index is -0.933. The van der Waals surface area contributed by atoms with Crippen LogP contribution in [0, 0.1) is 0 Å². The molecule has 0 saturated heterocycles. The number of carbonyl (C=O) groups excluding carboxylic acids is 2. The van der Waals surface area contributed by atoms with Crippen LogP contribution in [0.2, 0.25) is 0 Å². The molecule has 2 aromatic carbocycles. The van der Waals surface area contributed by atoms with Crippen molar-refractivity contribution in [1.82, 2.24) is 4.98 Å². The van der Waals surface area contributed by atoms with Crippen LogP contribution < -0.4 is 10.1 Å². The van der Waals surface area contributed by atoms with Crippen molar-refractivity contribution in [2.75, 3.05) is 11.9 Å². The summed E-state index contributed by atoms with van der Waals surface area (Å²) in [5.74, 6) is -0.461. The molecule has 0 aliphatic heterocycles. The first kappa shape index (κ1) is 18.4. The van der Waals surface area contributed by atoms with E-state index in [0.29, 0.717) is 41.1 Å². The molecule has 3 rings (SSSR count). The van der Waals surface area contributed by atoms with Gasteiger partial charge in [0.15, 0.2) is 18.1 Å². The lowest BCUT2D eigenvalue weighted by Crippen LogP contribution is -2.32. The van der Waals surface area contributed by atoms with Gasteiger partial charge < -0.3 is 19.2 Å². The summed E-state index contributed by atoms with van der Waals surface area (Å²) in [4.78, 5) is 29.0. The molecule has 140 valence electrons. The number of hydrogen-bond donors (Lipinski definition) is 1. The lowest BCUT2D eigenvalue weighted by atomic mass is 10.2. The lowest BCUT2D eigenvalue weighted by molar-refractivity contribution is -0.124. The monoisotopic (exact) mass is 368 g/mol. The molecule has 1 N–H and O–H groups in total. The maximum absolute atomic E-state index is 12.6. The van der Waals surface area contributed by atoms with Gasteiger partial charge in [-0.05, 0) is 43.7 Å². The van der Waals surface area contributed by atoms with E-state index in [2.05, 4.69) is 10.3 Å². The lowest BCUT2D eigenvalue weighted by Gasteiger charge is -2.17. The number of ether oxygens (including phenoxy) is 2. The third-order valence-corrected chi connectivity index (χ3v) is 3.92. The summed E-state index contributed by atoms with van der Waals surface area (Å²) in [7, 11) is 0. The van der Waals surface area contributed by atoms with Crippen LogP contribution >= 0.6 is 0 Å². The first-order valence-corrected chi connectivity index (χ1v) is 8.69. The SMILES string of the molecule is CCOc1ccccc1NC(=O)C(CC)OC(=O)c1ccc2ncoc2c1. The van der Waals surface area contributed by atoms with E-state index in [-0.39, 0.29) is 0 Å². The van der Waals surface area contributed by atoms with Gasteiger partial charge in [0, 0.05) is 0 Å². The molecular weight excluding hydrogens is 348 g/mol. The van der Waals surface area contributed by atoms with Gasteiger partial charge in [-0.15, -0.1) is 0 Å². The van der Waals surface area contributed by atoms with Crippen LogP contribution in [-0.2, 0) is 9.53 Å². The van der Waals surface area contributed by atoms with Gasteiger partial charge in [0.05, 0.1) is 17.9 Å². The van der Waals surface area contributed by atoms with Gasteiger partial charge in [0.1, 0.15) is 11.3 Å². The summed E-state index contributed by atoms with van der Waals surface area (Å²) < 4.78 is 16.1. The summed E-state index contributed by atoms with van der Waals surface area (Å²) in [6, 6.07) is 11.9. The molecule has 7 nitrogen and oxygen atoms in total. The molecule has 0 bridgehead atoms. The Labute approximate surface area is 156 Å². The fourth-order valence-electron chi connectivity index (χ4n) is 2.57. The van der Waals surface area contributed by atoms with Gasteiger partial charge in [-0.2, -0.15) is 0 Å². The van der Waals surface area contributed by atoms with E-state index in [0.717, 1.165) is 0 Å². The highest BCUT2D eigenvalue weighted by Gasteiger charge is 2.23. The van der Waals surface area contributed by atoms with Crippen molar-refractivity contribution in [3.05, 3.63) is 54.4 Å². The Morgan fingerprint density at radius 1 is 1.19 bits per heavy atom. The number of nitrogens with zero attached hydrogens (tertiary/aromatic N) is 1. The molecular formula is C20H20N2O5. The molecule has 7 heteroatoms. The predicted molar refractivity (Wildman–Crippen MR) is 99.7 cm³/mol. The molecule has 0 fully saturated rings. The third-order valence-electron chi connectivity index (χ3n) is 3.92. The average Bonchev–Trinajstić information content (AvgIpc) is 3.15. The molecule has 0 aliphatic rings. The van der Waals surface area contributed by atoms with Crippen LogP contribution in [0.4, 0.5) is 5.69 Å². The molecule has 1 atom stereocenters. The van der Waals surface area contributed by atoms with Crippen LogP contribution in [0.5, 0.6) is 5.75 Å². The second kappa shape index (κ2) is 8.35.